The smallest absolute Gasteiger partial charge is 0.292 e. The zero-order valence-corrected chi connectivity index (χ0v) is 14.1. The normalized spacial score (nSPS) is 10.2. The topological polar surface area (TPSA) is 72.2 Å². The van der Waals surface area contributed by atoms with Crippen LogP contribution in [0, 0.1) is 17.0 Å². The van der Waals surface area contributed by atoms with E-state index in [4.69, 9.17) is 0 Å². The Morgan fingerprint density at radius 3 is 2.57 bits per heavy atom. The van der Waals surface area contributed by atoms with Crippen molar-refractivity contribution >= 4 is 49.1 Å². The fraction of sp³-hybridized carbons (Fsp3) is 0.0714. The molecule has 0 aliphatic rings. The summed E-state index contributed by atoms with van der Waals surface area (Å²) in [5.74, 6) is -0.420. The first kappa shape index (κ1) is 15.7. The summed E-state index contributed by atoms with van der Waals surface area (Å²) in [6.07, 6.45) is 0. The number of carbonyl (C=O) groups is 1. The lowest BCUT2D eigenvalue weighted by Crippen LogP contribution is -2.14. The van der Waals surface area contributed by atoms with Gasteiger partial charge in [-0.25, -0.2) is 0 Å². The van der Waals surface area contributed by atoms with Crippen LogP contribution in [0.2, 0.25) is 0 Å². The van der Waals surface area contributed by atoms with Crippen LogP contribution in [0.1, 0.15) is 15.9 Å². The number of nitro groups is 1. The minimum absolute atomic E-state index is 0.139. The molecule has 0 bridgehead atoms. The number of nitrogens with zero attached hydrogens (tertiary/aromatic N) is 1. The van der Waals surface area contributed by atoms with E-state index in [2.05, 4.69) is 37.2 Å². The number of anilines is 1. The molecule has 2 aromatic carbocycles. The molecule has 0 radical (unpaired) electrons. The van der Waals surface area contributed by atoms with Gasteiger partial charge in [-0.2, -0.15) is 0 Å². The molecule has 2 rings (SSSR count). The highest BCUT2D eigenvalue weighted by Gasteiger charge is 2.18. The lowest BCUT2D eigenvalue weighted by Gasteiger charge is -2.08. The Balaban J connectivity index is 2.38. The van der Waals surface area contributed by atoms with Crippen molar-refractivity contribution in [2.45, 2.75) is 6.92 Å². The molecule has 0 aromatic heterocycles. The lowest BCUT2D eigenvalue weighted by molar-refractivity contribution is -0.383. The molecule has 21 heavy (non-hydrogen) atoms. The number of amides is 1. The molecule has 0 fully saturated rings. The molecular formula is C14H10Br2N2O3. The Morgan fingerprint density at radius 2 is 1.90 bits per heavy atom. The van der Waals surface area contributed by atoms with Crippen LogP contribution in [0.15, 0.2) is 45.3 Å². The molecule has 0 saturated carbocycles. The molecule has 0 spiro atoms. The first-order valence-corrected chi connectivity index (χ1v) is 7.48. The summed E-state index contributed by atoms with van der Waals surface area (Å²) >= 11 is 6.58. The van der Waals surface area contributed by atoms with Gasteiger partial charge in [0.15, 0.2) is 0 Å². The SMILES string of the molecule is Cc1ccc([N+](=O)[O-])c(NC(=O)c2cc(Br)ccc2Br)c1. The Hall–Kier alpha value is -1.73. The highest BCUT2D eigenvalue weighted by molar-refractivity contribution is 9.11. The van der Waals surface area contributed by atoms with Crippen molar-refractivity contribution in [3.8, 4) is 0 Å². The van der Waals surface area contributed by atoms with Gasteiger partial charge >= 0.3 is 0 Å². The molecule has 5 nitrogen and oxygen atoms in total. The van der Waals surface area contributed by atoms with Crippen molar-refractivity contribution in [3.05, 3.63) is 66.6 Å². The van der Waals surface area contributed by atoms with E-state index in [1.54, 1.807) is 37.3 Å². The number of benzene rings is 2. The third-order valence-corrected chi connectivity index (χ3v) is 3.95. The van der Waals surface area contributed by atoms with Crippen LogP contribution in [-0.4, -0.2) is 10.8 Å². The van der Waals surface area contributed by atoms with Crippen molar-refractivity contribution in [2.24, 2.45) is 0 Å². The van der Waals surface area contributed by atoms with Crippen LogP contribution in [0.25, 0.3) is 0 Å². The van der Waals surface area contributed by atoms with Crippen LogP contribution in [0.5, 0.6) is 0 Å². The molecule has 0 aliphatic heterocycles. The van der Waals surface area contributed by atoms with Gasteiger partial charge in [0, 0.05) is 15.0 Å². The monoisotopic (exact) mass is 412 g/mol. The summed E-state index contributed by atoms with van der Waals surface area (Å²) in [5, 5.41) is 13.6. The van der Waals surface area contributed by atoms with Crippen molar-refractivity contribution in [2.75, 3.05) is 5.32 Å². The molecule has 0 unspecified atom stereocenters. The van der Waals surface area contributed by atoms with Crippen LogP contribution in [0.4, 0.5) is 11.4 Å². The number of aryl methyl sites for hydroxylation is 1. The van der Waals surface area contributed by atoms with Crippen LogP contribution in [-0.2, 0) is 0 Å². The van der Waals surface area contributed by atoms with Crippen molar-refractivity contribution in [1.82, 2.24) is 0 Å². The molecular weight excluding hydrogens is 404 g/mol. The van der Waals surface area contributed by atoms with Gasteiger partial charge in [0.05, 0.1) is 10.5 Å². The molecule has 2 aromatic rings. The van der Waals surface area contributed by atoms with Crippen molar-refractivity contribution in [3.63, 3.8) is 0 Å². The first-order valence-electron chi connectivity index (χ1n) is 5.90. The highest BCUT2D eigenvalue weighted by Crippen LogP contribution is 2.27. The predicted molar refractivity (Wildman–Crippen MR) is 87.6 cm³/mol. The van der Waals surface area contributed by atoms with E-state index in [0.29, 0.717) is 10.0 Å². The van der Waals surface area contributed by atoms with E-state index in [-0.39, 0.29) is 11.4 Å². The predicted octanol–water partition coefficient (Wildman–Crippen LogP) is 4.68. The number of carbonyl (C=O) groups excluding carboxylic acids is 1. The van der Waals surface area contributed by atoms with Crippen LogP contribution in [0.3, 0.4) is 0 Å². The van der Waals surface area contributed by atoms with E-state index in [1.165, 1.54) is 6.07 Å². The third kappa shape index (κ3) is 3.68. The Morgan fingerprint density at radius 1 is 1.19 bits per heavy atom. The first-order chi connectivity index (χ1) is 9.88. The summed E-state index contributed by atoms with van der Waals surface area (Å²) in [4.78, 5) is 22.8. The number of hydrogen-bond acceptors (Lipinski definition) is 3. The minimum atomic E-state index is -0.523. The molecule has 0 heterocycles. The quantitative estimate of drug-likeness (QED) is 0.586. The van der Waals surface area contributed by atoms with Crippen molar-refractivity contribution < 1.29 is 9.72 Å². The molecule has 0 atom stereocenters. The summed E-state index contributed by atoms with van der Waals surface area (Å²) in [5.41, 5.74) is 1.25. The number of hydrogen-bond donors (Lipinski definition) is 1. The van der Waals surface area contributed by atoms with Gasteiger partial charge in [0.25, 0.3) is 11.6 Å². The number of halogens is 2. The van der Waals surface area contributed by atoms with Gasteiger partial charge in [-0.15, -0.1) is 0 Å². The summed E-state index contributed by atoms with van der Waals surface area (Å²) in [6.45, 7) is 1.80. The maximum absolute atomic E-state index is 12.3. The average Bonchev–Trinajstić information content (AvgIpc) is 2.41. The van der Waals surface area contributed by atoms with Gasteiger partial charge in [0.1, 0.15) is 5.69 Å². The van der Waals surface area contributed by atoms with Gasteiger partial charge < -0.3 is 5.32 Å². The summed E-state index contributed by atoms with van der Waals surface area (Å²) in [6, 6.07) is 9.73. The molecule has 7 heteroatoms. The molecule has 0 aliphatic carbocycles. The van der Waals surface area contributed by atoms with E-state index < -0.39 is 10.8 Å². The minimum Gasteiger partial charge on any atom is -0.316 e. The zero-order chi connectivity index (χ0) is 15.6. The fourth-order valence-corrected chi connectivity index (χ4v) is 2.56. The average molecular weight is 414 g/mol. The maximum Gasteiger partial charge on any atom is 0.292 e. The third-order valence-electron chi connectivity index (χ3n) is 2.77. The Bertz CT molecular complexity index is 732. The Labute approximate surface area is 137 Å². The Kier molecular flexibility index (Phi) is 4.74. The van der Waals surface area contributed by atoms with Crippen LogP contribution < -0.4 is 5.32 Å². The second kappa shape index (κ2) is 6.36. The molecule has 0 saturated heterocycles. The van der Waals surface area contributed by atoms with Crippen LogP contribution >= 0.6 is 31.9 Å². The van der Waals surface area contributed by atoms with Gasteiger partial charge in [-0.05, 0) is 52.7 Å². The highest BCUT2D eigenvalue weighted by atomic mass is 79.9. The van der Waals surface area contributed by atoms with Crippen molar-refractivity contribution in [1.29, 1.82) is 0 Å². The zero-order valence-electron chi connectivity index (χ0n) is 10.9. The molecule has 1 amide bonds. The maximum atomic E-state index is 12.3. The van der Waals surface area contributed by atoms with E-state index >= 15 is 0 Å². The van der Waals surface area contributed by atoms with E-state index in [0.717, 1.165) is 10.0 Å². The van der Waals surface area contributed by atoms with Gasteiger partial charge in [0.2, 0.25) is 0 Å². The second-order valence-electron chi connectivity index (χ2n) is 4.36. The lowest BCUT2D eigenvalue weighted by atomic mass is 10.1. The van der Waals surface area contributed by atoms with E-state index in [1.807, 2.05) is 0 Å². The summed E-state index contributed by atoms with van der Waals surface area (Å²) in [7, 11) is 0. The number of rotatable bonds is 3. The number of nitrogens with one attached hydrogen (secondary N) is 1. The molecule has 108 valence electrons. The number of nitro benzene ring substituents is 1. The van der Waals surface area contributed by atoms with Gasteiger partial charge in [-0.3, -0.25) is 14.9 Å². The van der Waals surface area contributed by atoms with Gasteiger partial charge in [-0.1, -0.05) is 22.0 Å². The largest absolute Gasteiger partial charge is 0.316 e. The molecule has 1 N–H and O–H groups in total. The van der Waals surface area contributed by atoms with E-state index in [9.17, 15) is 14.9 Å². The summed E-state index contributed by atoms with van der Waals surface area (Å²) < 4.78 is 1.35. The second-order valence-corrected chi connectivity index (χ2v) is 6.13. The standard InChI is InChI=1S/C14H10Br2N2O3/c1-8-2-5-13(18(20)21)12(6-8)17-14(19)10-7-9(15)3-4-11(10)16/h2-7H,1H3,(H,17,19). The fourth-order valence-electron chi connectivity index (χ4n) is 1.77.